The van der Waals surface area contributed by atoms with E-state index in [2.05, 4.69) is 4.57 Å². The van der Waals surface area contributed by atoms with E-state index in [9.17, 15) is 10.1 Å². The van der Waals surface area contributed by atoms with E-state index < -0.39 is 0 Å². The fraction of sp³-hybridized carbons (Fsp3) is 0.500. The van der Waals surface area contributed by atoms with Crippen LogP contribution in [0.1, 0.15) is 25.7 Å². The van der Waals surface area contributed by atoms with Crippen molar-refractivity contribution in [3.05, 3.63) is 40.6 Å². The van der Waals surface area contributed by atoms with Crippen molar-refractivity contribution in [2.75, 3.05) is 0 Å². The maximum absolute atomic E-state index is 11.1. The third-order valence-corrected chi connectivity index (χ3v) is 5.30. The van der Waals surface area contributed by atoms with Crippen molar-refractivity contribution in [3.63, 3.8) is 0 Å². The monoisotopic (exact) mass is 270 g/mol. The zero-order valence-electron chi connectivity index (χ0n) is 11.4. The van der Waals surface area contributed by atoms with E-state index in [1.54, 1.807) is 12.1 Å². The summed E-state index contributed by atoms with van der Waals surface area (Å²) in [6.07, 6.45) is 7.57. The van der Waals surface area contributed by atoms with Crippen molar-refractivity contribution >= 4 is 16.6 Å². The standard InChI is InChI=1S/C16H18N2O2/c19-18(20)16-3-1-2-15-14(16)6-7-17(15)10-13-9-11-4-5-12(13)8-11/h1-3,6-7,11-13H,4-5,8-10H2. The first-order valence-electron chi connectivity index (χ1n) is 7.44. The van der Waals surface area contributed by atoms with Gasteiger partial charge in [0.1, 0.15) is 0 Å². The molecule has 2 aromatic rings. The molecule has 3 unspecified atom stereocenters. The van der Waals surface area contributed by atoms with E-state index in [0.29, 0.717) is 0 Å². The van der Waals surface area contributed by atoms with E-state index in [-0.39, 0.29) is 10.6 Å². The van der Waals surface area contributed by atoms with Gasteiger partial charge in [0.2, 0.25) is 0 Å². The van der Waals surface area contributed by atoms with Gasteiger partial charge in [0.25, 0.3) is 5.69 Å². The van der Waals surface area contributed by atoms with Crippen LogP contribution in [0.15, 0.2) is 30.5 Å². The minimum Gasteiger partial charge on any atom is -0.347 e. The number of hydrogen-bond donors (Lipinski definition) is 0. The summed E-state index contributed by atoms with van der Waals surface area (Å²) in [6, 6.07) is 7.26. The summed E-state index contributed by atoms with van der Waals surface area (Å²) in [4.78, 5) is 10.8. The fourth-order valence-corrected chi connectivity index (χ4v) is 4.38. The Morgan fingerprint density at radius 1 is 1.25 bits per heavy atom. The van der Waals surface area contributed by atoms with Gasteiger partial charge in [0.05, 0.1) is 15.8 Å². The molecule has 0 N–H and O–H groups in total. The van der Waals surface area contributed by atoms with Gasteiger partial charge in [-0.2, -0.15) is 0 Å². The van der Waals surface area contributed by atoms with E-state index in [1.165, 1.54) is 25.7 Å². The van der Waals surface area contributed by atoms with E-state index in [4.69, 9.17) is 0 Å². The van der Waals surface area contributed by atoms with E-state index >= 15 is 0 Å². The highest BCUT2D eigenvalue weighted by Gasteiger charge is 2.39. The van der Waals surface area contributed by atoms with Crippen molar-refractivity contribution in [2.24, 2.45) is 17.8 Å². The van der Waals surface area contributed by atoms with Gasteiger partial charge in [0.15, 0.2) is 0 Å². The van der Waals surface area contributed by atoms with Crippen LogP contribution in [0.3, 0.4) is 0 Å². The zero-order chi connectivity index (χ0) is 13.7. The Balaban J connectivity index is 1.67. The Bertz CT molecular complexity index is 676. The summed E-state index contributed by atoms with van der Waals surface area (Å²) in [6.45, 7) is 1.02. The lowest BCUT2D eigenvalue weighted by Crippen LogP contribution is -2.16. The Morgan fingerprint density at radius 2 is 2.15 bits per heavy atom. The fourth-order valence-electron chi connectivity index (χ4n) is 4.38. The Hall–Kier alpha value is -1.84. The molecular weight excluding hydrogens is 252 g/mol. The summed E-state index contributed by atoms with van der Waals surface area (Å²) in [7, 11) is 0. The molecule has 2 bridgehead atoms. The average Bonchev–Trinajstić information content (AvgIpc) is 3.14. The smallest absolute Gasteiger partial charge is 0.278 e. The van der Waals surface area contributed by atoms with Gasteiger partial charge in [-0.05, 0) is 49.1 Å². The number of hydrogen-bond acceptors (Lipinski definition) is 2. The SMILES string of the molecule is O=[N+]([O-])c1cccc2c1ccn2CC1CC2CCC1C2. The number of nitro groups is 1. The van der Waals surface area contributed by atoms with Crippen molar-refractivity contribution in [3.8, 4) is 0 Å². The predicted octanol–water partition coefficient (Wildman–Crippen LogP) is 3.99. The number of non-ortho nitro benzene ring substituents is 1. The third kappa shape index (κ3) is 1.74. The topological polar surface area (TPSA) is 48.1 Å². The van der Waals surface area contributed by atoms with E-state index in [1.807, 2.05) is 18.3 Å². The molecule has 4 rings (SSSR count). The lowest BCUT2D eigenvalue weighted by atomic mass is 9.89. The van der Waals surface area contributed by atoms with Gasteiger partial charge in [-0.3, -0.25) is 10.1 Å². The molecule has 20 heavy (non-hydrogen) atoms. The number of benzene rings is 1. The van der Waals surface area contributed by atoms with Crippen LogP contribution in [0.25, 0.3) is 10.9 Å². The van der Waals surface area contributed by atoms with Crippen LogP contribution in [-0.2, 0) is 6.54 Å². The van der Waals surface area contributed by atoms with Crippen LogP contribution in [0.5, 0.6) is 0 Å². The lowest BCUT2D eigenvalue weighted by Gasteiger charge is -2.22. The number of nitrogens with zero attached hydrogens (tertiary/aromatic N) is 2. The Morgan fingerprint density at radius 3 is 2.85 bits per heavy atom. The largest absolute Gasteiger partial charge is 0.347 e. The van der Waals surface area contributed by atoms with E-state index in [0.717, 1.165) is 35.2 Å². The summed E-state index contributed by atoms with van der Waals surface area (Å²) >= 11 is 0. The molecule has 0 radical (unpaired) electrons. The van der Waals surface area contributed by atoms with Crippen molar-refractivity contribution in [2.45, 2.75) is 32.2 Å². The third-order valence-electron chi connectivity index (χ3n) is 5.30. The minimum atomic E-state index is -0.287. The van der Waals surface area contributed by atoms with Gasteiger partial charge < -0.3 is 4.57 Å². The van der Waals surface area contributed by atoms with Crippen LogP contribution in [0, 0.1) is 27.9 Å². The number of nitro benzene ring substituents is 1. The first-order chi connectivity index (χ1) is 9.72. The molecule has 0 amide bonds. The van der Waals surface area contributed by atoms with Gasteiger partial charge >= 0.3 is 0 Å². The zero-order valence-corrected chi connectivity index (χ0v) is 11.4. The molecule has 0 saturated heterocycles. The number of fused-ring (bicyclic) bond motifs is 3. The Labute approximate surface area is 117 Å². The van der Waals surface area contributed by atoms with Gasteiger partial charge in [-0.1, -0.05) is 12.5 Å². The first-order valence-corrected chi connectivity index (χ1v) is 7.44. The second kappa shape index (κ2) is 4.33. The molecular formula is C16H18N2O2. The molecule has 1 heterocycles. The summed E-state index contributed by atoms with van der Waals surface area (Å²) < 4.78 is 2.22. The second-order valence-electron chi connectivity index (χ2n) is 6.37. The maximum Gasteiger partial charge on any atom is 0.278 e. The Kier molecular flexibility index (Phi) is 2.59. The summed E-state index contributed by atoms with van der Waals surface area (Å²) in [5, 5.41) is 11.8. The highest BCUT2D eigenvalue weighted by molar-refractivity contribution is 5.89. The van der Waals surface area contributed by atoms with Crippen molar-refractivity contribution in [1.29, 1.82) is 0 Å². The van der Waals surface area contributed by atoms with Crippen LogP contribution < -0.4 is 0 Å². The first kappa shape index (κ1) is 11.9. The van der Waals surface area contributed by atoms with Crippen LogP contribution in [0.2, 0.25) is 0 Å². The summed E-state index contributed by atoms with van der Waals surface area (Å²) in [5.41, 5.74) is 1.22. The molecule has 4 heteroatoms. The second-order valence-corrected chi connectivity index (χ2v) is 6.37. The highest BCUT2D eigenvalue weighted by Crippen LogP contribution is 2.49. The van der Waals surface area contributed by atoms with Gasteiger partial charge in [-0.15, -0.1) is 0 Å². The normalized spacial score (nSPS) is 28.3. The lowest BCUT2D eigenvalue weighted by molar-refractivity contribution is -0.383. The summed E-state index contributed by atoms with van der Waals surface area (Å²) in [5.74, 6) is 2.60. The minimum absolute atomic E-state index is 0.217. The van der Waals surface area contributed by atoms with Crippen LogP contribution >= 0.6 is 0 Å². The number of aromatic nitrogens is 1. The van der Waals surface area contributed by atoms with Crippen molar-refractivity contribution in [1.82, 2.24) is 4.57 Å². The number of rotatable bonds is 3. The molecule has 2 saturated carbocycles. The molecule has 0 aliphatic heterocycles. The molecule has 2 aliphatic carbocycles. The predicted molar refractivity (Wildman–Crippen MR) is 77.5 cm³/mol. The van der Waals surface area contributed by atoms with Crippen LogP contribution in [-0.4, -0.2) is 9.49 Å². The van der Waals surface area contributed by atoms with Crippen molar-refractivity contribution < 1.29 is 4.92 Å². The molecule has 104 valence electrons. The molecule has 1 aromatic heterocycles. The molecule has 0 spiro atoms. The maximum atomic E-state index is 11.1. The van der Waals surface area contributed by atoms with Crippen LogP contribution in [0.4, 0.5) is 5.69 Å². The quantitative estimate of drug-likeness (QED) is 0.625. The molecule has 2 fully saturated rings. The average molecular weight is 270 g/mol. The van der Waals surface area contributed by atoms with Gasteiger partial charge in [-0.25, -0.2) is 0 Å². The molecule has 2 aliphatic rings. The molecule has 1 aromatic carbocycles. The van der Waals surface area contributed by atoms with Gasteiger partial charge in [0, 0.05) is 18.8 Å². The molecule has 3 atom stereocenters. The highest BCUT2D eigenvalue weighted by atomic mass is 16.6. The molecule has 4 nitrogen and oxygen atoms in total.